The van der Waals surface area contributed by atoms with Crippen LogP contribution in [-0.4, -0.2) is 41.2 Å². The molecule has 0 saturated heterocycles. The van der Waals surface area contributed by atoms with Gasteiger partial charge in [0.2, 0.25) is 0 Å². The van der Waals surface area contributed by atoms with Gasteiger partial charge in [-0.3, -0.25) is 4.79 Å². The number of hydrogen-bond acceptors (Lipinski definition) is 3. The summed E-state index contributed by atoms with van der Waals surface area (Å²) in [5.74, 6) is -0.165. The van der Waals surface area contributed by atoms with Gasteiger partial charge >= 0.3 is 0 Å². The first kappa shape index (κ1) is 18.9. The van der Waals surface area contributed by atoms with Crippen LogP contribution in [-0.2, 0) is 6.42 Å². The summed E-state index contributed by atoms with van der Waals surface area (Å²) in [6.07, 6.45) is 2.82. The topological polar surface area (TPSA) is 50.2 Å². The minimum atomic E-state index is -0.165. The molecule has 0 aliphatic heterocycles. The Hall–Kier alpha value is -2.92. The summed E-state index contributed by atoms with van der Waals surface area (Å²) in [6.45, 7) is 2.67. The number of amides is 1. The molecule has 140 valence electrons. The predicted octanol–water partition coefficient (Wildman–Crippen LogP) is 3.47. The molecule has 0 fully saturated rings. The van der Waals surface area contributed by atoms with E-state index in [0.29, 0.717) is 12.2 Å². The van der Waals surface area contributed by atoms with Crippen molar-refractivity contribution in [1.82, 2.24) is 20.0 Å². The fraction of sp³-hybridized carbons (Fsp3) is 0.273. The van der Waals surface area contributed by atoms with Crippen molar-refractivity contribution >= 4 is 5.91 Å². The fourth-order valence-corrected chi connectivity index (χ4v) is 3.02. The van der Waals surface area contributed by atoms with E-state index in [1.807, 2.05) is 44.4 Å². The lowest BCUT2D eigenvalue weighted by Crippen LogP contribution is -2.34. The van der Waals surface area contributed by atoms with Gasteiger partial charge in [-0.15, -0.1) is 0 Å². The number of nitrogens with zero attached hydrogens (tertiary/aromatic N) is 3. The maximum absolute atomic E-state index is 12.5. The van der Waals surface area contributed by atoms with Gasteiger partial charge in [-0.1, -0.05) is 49.4 Å². The van der Waals surface area contributed by atoms with E-state index in [4.69, 9.17) is 0 Å². The van der Waals surface area contributed by atoms with Crippen molar-refractivity contribution in [3.8, 4) is 5.69 Å². The van der Waals surface area contributed by atoms with E-state index < -0.39 is 0 Å². The highest BCUT2D eigenvalue weighted by atomic mass is 16.1. The average Bonchev–Trinajstić information content (AvgIpc) is 3.19. The Labute approximate surface area is 160 Å². The molecule has 1 N–H and O–H groups in total. The zero-order valence-electron chi connectivity index (χ0n) is 16.1. The molecule has 3 aromatic rings. The van der Waals surface area contributed by atoms with Crippen LogP contribution in [0.3, 0.4) is 0 Å². The maximum Gasteiger partial charge on any atom is 0.271 e. The van der Waals surface area contributed by atoms with Crippen LogP contribution in [0.1, 0.15) is 34.6 Å². The quantitative estimate of drug-likeness (QED) is 0.700. The van der Waals surface area contributed by atoms with Crippen molar-refractivity contribution < 1.29 is 4.79 Å². The minimum absolute atomic E-state index is 0.107. The van der Waals surface area contributed by atoms with E-state index >= 15 is 0 Å². The summed E-state index contributed by atoms with van der Waals surface area (Å²) < 4.78 is 1.71. The molecule has 0 bridgehead atoms. The van der Waals surface area contributed by atoms with Gasteiger partial charge in [0.15, 0.2) is 5.69 Å². The largest absolute Gasteiger partial charge is 0.349 e. The van der Waals surface area contributed by atoms with Crippen LogP contribution >= 0.6 is 0 Å². The molecule has 0 aliphatic rings. The number of benzene rings is 2. The van der Waals surface area contributed by atoms with Crippen molar-refractivity contribution in [1.29, 1.82) is 0 Å². The molecule has 27 heavy (non-hydrogen) atoms. The number of carbonyl (C=O) groups excluding carboxylic acids is 1. The van der Waals surface area contributed by atoms with E-state index in [1.165, 1.54) is 11.1 Å². The Morgan fingerprint density at radius 2 is 1.78 bits per heavy atom. The molecule has 1 heterocycles. The number of aryl methyl sites for hydroxylation is 1. The first-order chi connectivity index (χ1) is 13.1. The normalized spacial score (nSPS) is 12.1. The Morgan fingerprint density at radius 3 is 2.41 bits per heavy atom. The van der Waals surface area contributed by atoms with Gasteiger partial charge in [-0.2, -0.15) is 5.10 Å². The summed E-state index contributed by atoms with van der Waals surface area (Å²) in [5.41, 5.74) is 3.84. The molecule has 3 rings (SSSR count). The average molecular weight is 362 g/mol. The molecule has 0 saturated carbocycles. The SMILES string of the molecule is CCc1ccc(C(CNC(=O)c2ccn(-c3ccccc3)n2)N(C)C)cc1. The van der Waals surface area contributed by atoms with Crippen molar-refractivity contribution in [3.63, 3.8) is 0 Å². The van der Waals surface area contributed by atoms with Crippen molar-refractivity contribution in [3.05, 3.63) is 83.7 Å². The smallest absolute Gasteiger partial charge is 0.271 e. The minimum Gasteiger partial charge on any atom is -0.349 e. The highest BCUT2D eigenvalue weighted by Crippen LogP contribution is 2.18. The summed E-state index contributed by atoms with van der Waals surface area (Å²) in [7, 11) is 4.05. The molecule has 2 aromatic carbocycles. The highest BCUT2D eigenvalue weighted by molar-refractivity contribution is 5.92. The molecule has 5 nitrogen and oxygen atoms in total. The first-order valence-corrected chi connectivity index (χ1v) is 9.23. The van der Waals surface area contributed by atoms with E-state index in [1.54, 1.807) is 16.9 Å². The van der Waals surface area contributed by atoms with E-state index in [-0.39, 0.29) is 11.9 Å². The molecule has 5 heteroatoms. The number of nitrogens with one attached hydrogen (secondary N) is 1. The molecule has 1 atom stereocenters. The Kier molecular flexibility index (Phi) is 6.04. The molecule has 1 amide bonds. The molecular formula is C22H26N4O. The second kappa shape index (κ2) is 8.64. The van der Waals surface area contributed by atoms with Crippen LogP contribution in [0.25, 0.3) is 5.69 Å². The van der Waals surface area contributed by atoms with E-state index in [0.717, 1.165) is 12.1 Å². The van der Waals surface area contributed by atoms with Crippen LogP contribution in [0.4, 0.5) is 0 Å². The highest BCUT2D eigenvalue weighted by Gasteiger charge is 2.17. The number of aromatic nitrogens is 2. The number of likely N-dealkylation sites (N-methyl/N-ethyl adjacent to an activating group) is 1. The maximum atomic E-state index is 12.5. The van der Waals surface area contributed by atoms with Gasteiger partial charge in [0.1, 0.15) is 0 Å². The van der Waals surface area contributed by atoms with E-state index in [9.17, 15) is 4.79 Å². The zero-order chi connectivity index (χ0) is 19.2. The number of rotatable bonds is 7. The van der Waals surface area contributed by atoms with Crippen molar-refractivity contribution in [2.24, 2.45) is 0 Å². The first-order valence-electron chi connectivity index (χ1n) is 9.23. The third-order valence-electron chi connectivity index (χ3n) is 4.69. The molecule has 0 radical (unpaired) electrons. The van der Waals surface area contributed by atoms with Crippen LogP contribution < -0.4 is 5.32 Å². The third kappa shape index (κ3) is 4.63. The monoisotopic (exact) mass is 362 g/mol. The lowest BCUT2D eigenvalue weighted by molar-refractivity contribution is 0.0936. The molecule has 1 aromatic heterocycles. The molecular weight excluding hydrogens is 336 g/mol. The molecule has 0 aliphatic carbocycles. The Balaban J connectivity index is 1.66. The third-order valence-corrected chi connectivity index (χ3v) is 4.69. The summed E-state index contributed by atoms with van der Waals surface area (Å²) in [4.78, 5) is 14.7. The lowest BCUT2D eigenvalue weighted by atomic mass is 10.0. The number of para-hydroxylation sites is 1. The summed E-state index contributed by atoms with van der Waals surface area (Å²) >= 11 is 0. The number of hydrogen-bond donors (Lipinski definition) is 1. The number of carbonyl (C=O) groups is 1. The predicted molar refractivity (Wildman–Crippen MR) is 108 cm³/mol. The van der Waals surface area contributed by atoms with Crippen LogP contribution in [0.5, 0.6) is 0 Å². The summed E-state index contributed by atoms with van der Waals surface area (Å²) in [6, 6.07) is 20.2. The Bertz CT molecular complexity index is 869. The van der Waals surface area contributed by atoms with Gasteiger partial charge in [0.05, 0.1) is 11.7 Å². The van der Waals surface area contributed by atoms with Crippen LogP contribution in [0, 0.1) is 0 Å². The van der Waals surface area contributed by atoms with Gasteiger partial charge in [-0.25, -0.2) is 4.68 Å². The fourth-order valence-electron chi connectivity index (χ4n) is 3.02. The van der Waals surface area contributed by atoms with Crippen LogP contribution in [0.15, 0.2) is 66.9 Å². The standard InChI is InChI=1S/C22H26N4O/c1-4-17-10-12-18(13-11-17)21(25(2)3)16-23-22(27)20-14-15-26(24-20)19-8-6-5-7-9-19/h5-15,21H,4,16H2,1-3H3,(H,23,27). The second-order valence-corrected chi connectivity index (χ2v) is 6.77. The summed E-state index contributed by atoms with van der Waals surface area (Å²) in [5, 5.41) is 7.41. The second-order valence-electron chi connectivity index (χ2n) is 6.77. The van der Waals surface area contributed by atoms with Crippen molar-refractivity contribution in [2.45, 2.75) is 19.4 Å². The zero-order valence-corrected chi connectivity index (χ0v) is 16.1. The van der Waals surface area contributed by atoms with Gasteiger partial charge in [0, 0.05) is 12.7 Å². The molecule has 1 unspecified atom stereocenters. The van der Waals surface area contributed by atoms with Crippen LogP contribution in [0.2, 0.25) is 0 Å². The van der Waals surface area contributed by atoms with E-state index in [2.05, 4.69) is 46.5 Å². The van der Waals surface area contributed by atoms with Gasteiger partial charge < -0.3 is 10.2 Å². The van der Waals surface area contributed by atoms with Gasteiger partial charge in [-0.05, 0) is 49.8 Å². The van der Waals surface area contributed by atoms with Crippen molar-refractivity contribution in [2.75, 3.05) is 20.6 Å². The Morgan fingerprint density at radius 1 is 1.07 bits per heavy atom. The molecule has 0 spiro atoms. The lowest BCUT2D eigenvalue weighted by Gasteiger charge is -2.25. The van der Waals surface area contributed by atoms with Gasteiger partial charge in [0.25, 0.3) is 5.91 Å².